The van der Waals surface area contributed by atoms with Crippen LogP contribution in [0.25, 0.3) is 0 Å². The molecule has 11 heteroatoms. The second-order valence-corrected chi connectivity index (χ2v) is 13.3. The summed E-state index contributed by atoms with van der Waals surface area (Å²) >= 11 is 0. The fourth-order valence-corrected chi connectivity index (χ4v) is 6.37. The lowest BCUT2D eigenvalue weighted by Crippen LogP contribution is -2.46. The highest BCUT2D eigenvalue weighted by molar-refractivity contribution is 7.89. The third-order valence-electron chi connectivity index (χ3n) is 6.91. The third-order valence-corrected chi connectivity index (χ3v) is 8.68. The van der Waals surface area contributed by atoms with Crippen LogP contribution in [0, 0.1) is 11.7 Å². The van der Waals surface area contributed by atoms with Gasteiger partial charge < -0.3 is 16.0 Å². The number of hydrogen-bond acceptors (Lipinski definition) is 6. The van der Waals surface area contributed by atoms with Gasteiger partial charge in [-0.25, -0.2) is 22.5 Å². The smallest absolute Gasteiger partial charge is 0.270 e. The molecule has 0 unspecified atom stereocenters. The van der Waals surface area contributed by atoms with Gasteiger partial charge in [0.1, 0.15) is 17.6 Å². The minimum absolute atomic E-state index is 0.0595. The van der Waals surface area contributed by atoms with E-state index in [2.05, 4.69) is 25.7 Å². The molecule has 9 nitrogen and oxygen atoms in total. The zero-order valence-electron chi connectivity index (χ0n) is 24.1. The van der Waals surface area contributed by atoms with E-state index in [0.717, 1.165) is 37.7 Å². The molecule has 0 bridgehead atoms. The molecule has 4 rings (SSSR count). The Bertz CT molecular complexity index is 1490. The summed E-state index contributed by atoms with van der Waals surface area (Å²) in [5, 5.41) is 8.96. The maximum Gasteiger partial charge on any atom is 0.270 e. The molecule has 3 aromatic rings. The maximum atomic E-state index is 14.1. The first-order valence-corrected chi connectivity index (χ1v) is 15.5. The SMILES string of the molecule is CC(C)(C)NS(=O)(=O)c1ccc(NC(=O)[C@H](CC2CCNCC2)NC(=O)c2ncc(F)cc2Cc2ccccc2)cc1. The van der Waals surface area contributed by atoms with Gasteiger partial charge in [-0.2, -0.15) is 0 Å². The Labute approximate surface area is 246 Å². The fourth-order valence-electron chi connectivity index (χ4n) is 4.95. The second-order valence-electron chi connectivity index (χ2n) is 11.6. The highest BCUT2D eigenvalue weighted by atomic mass is 32.2. The van der Waals surface area contributed by atoms with Crippen molar-refractivity contribution in [3.05, 3.63) is 89.5 Å². The molecule has 1 aliphatic heterocycles. The van der Waals surface area contributed by atoms with Gasteiger partial charge in [-0.15, -0.1) is 0 Å². The van der Waals surface area contributed by atoms with Gasteiger partial charge in [-0.3, -0.25) is 9.59 Å². The lowest BCUT2D eigenvalue weighted by Gasteiger charge is -2.27. The van der Waals surface area contributed by atoms with E-state index in [1.165, 1.54) is 30.3 Å². The van der Waals surface area contributed by atoms with E-state index < -0.39 is 39.2 Å². The molecule has 1 atom stereocenters. The van der Waals surface area contributed by atoms with Crippen molar-refractivity contribution < 1.29 is 22.4 Å². The third kappa shape index (κ3) is 8.91. The minimum atomic E-state index is -3.73. The zero-order chi connectivity index (χ0) is 30.3. The normalized spacial score (nSPS) is 15.1. The van der Waals surface area contributed by atoms with E-state index in [4.69, 9.17) is 0 Å². The number of sulfonamides is 1. The molecule has 1 aliphatic rings. The Kier molecular flexibility index (Phi) is 10.1. The van der Waals surface area contributed by atoms with E-state index >= 15 is 0 Å². The summed E-state index contributed by atoms with van der Waals surface area (Å²) in [6.07, 6.45) is 3.44. The van der Waals surface area contributed by atoms with Crippen LogP contribution in [0.2, 0.25) is 0 Å². The van der Waals surface area contributed by atoms with Gasteiger partial charge in [0.2, 0.25) is 15.9 Å². The van der Waals surface area contributed by atoms with Gasteiger partial charge in [0.25, 0.3) is 5.91 Å². The standard InChI is InChI=1S/C31H38FN5O4S/c1-31(2,3)37-42(40,41)26-11-9-25(10-12-26)35-29(38)27(18-22-13-15-33-16-14-22)36-30(39)28-23(19-24(32)20-34-28)17-21-7-5-4-6-8-21/h4-12,19-20,22,27,33,37H,13-18H2,1-3H3,(H,35,38)(H,36,39)/t27-/m0/s1. The molecular weight excluding hydrogens is 557 g/mol. The number of rotatable bonds is 10. The Balaban J connectivity index is 1.52. The van der Waals surface area contributed by atoms with Crippen LogP contribution in [-0.2, 0) is 21.2 Å². The number of pyridine rings is 1. The predicted octanol–water partition coefficient (Wildman–Crippen LogP) is 4.02. The molecule has 1 fully saturated rings. The summed E-state index contributed by atoms with van der Waals surface area (Å²) < 4.78 is 42.0. The minimum Gasteiger partial charge on any atom is -0.339 e. The molecule has 42 heavy (non-hydrogen) atoms. The maximum absolute atomic E-state index is 14.1. The first-order chi connectivity index (χ1) is 19.9. The summed E-state index contributed by atoms with van der Waals surface area (Å²) in [6.45, 7) is 6.91. The van der Waals surface area contributed by atoms with E-state index in [1.807, 2.05) is 30.3 Å². The number of carbonyl (C=O) groups is 2. The van der Waals surface area contributed by atoms with Crippen molar-refractivity contribution in [2.45, 2.75) is 62.9 Å². The van der Waals surface area contributed by atoms with Crippen molar-refractivity contribution >= 4 is 27.5 Å². The largest absolute Gasteiger partial charge is 0.339 e. The van der Waals surface area contributed by atoms with Crippen LogP contribution >= 0.6 is 0 Å². The Morgan fingerprint density at radius 3 is 2.36 bits per heavy atom. The average Bonchev–Trinajstić information content (AvgIpc) is 2.93. The van der Waals surface area contributed by atoms with Gasteiger partial charge in [0.05, 0.1) is 11.1 Å². The topological polar surface area (TPSA) is 129 Å². The molecule has 4 N–H and O–H groups in total. The molecule has 0 aliphatic carbocycles. The van der Waals surface area contributed by atoms with Crippen molar-refractivity contribution in [3.63, 3.8) is 0 Å². The molecule has 2 aromatic carbocycles. The van der Waals surface area contributed by atoms with Gasteiger partial charge in [0, 0.05) is 11.2 Å². The summed E-state index contributed by atoms with van der Waals surface area (Å²) in [5.74, 6) is -1.34. The van der Waals surface area contributed by atoms with Crippen molar-refractivity contribution in [3.8, 4) is 0 Å². The molecule has 2 amide bonds. The number of halogens is 1. The van der Waals surface area contributed by atoms with Crippen molar-refractivity contribution in [1.29, 1.82) is 0 Å². The van der Waals surface area contributed by atoms with Crippen molar-refractivity contribution in [2.24, 2.45) is 5.92 Å². The van der Waals surface area contributed by atoms with Crippen LogP contribution in [0.4, 0.5) is 10.1 Å². The van der Waals surface area contributed by atoms with Crippen LogP contribution < -0.4 is 20.7 Å². The number of carbonyl (C=O) groups excluding carboxylic acids is 2. The molecule has 2 heterocycles. The number of hydrogen-bond donors (Lipinski definition) is 4. The number of nitrogens with one attached hydrogen (secondary N) is 4. The highest BCUT2D eigenvalue weighted by Gasteiger charge is 2.28. The number of benzene rings is 2. The second kappa shape index (κ2) is 13.5. The Hall–Kier alpha value is -3.67. The first-order valence-electron chi connectivity index (χ1n) is 14.0. The first kappa shape index (κ1) is 31.3. The molecule has 1 saturated heterocycles. The summed E-state index contributed by atoms with van der Waals surface area (Å²) in [7, 11) is -3.73. The van der Waals surface area contributed by atoms with Crippen LogP contribution in [0.15, 0.2) is 71.8 Å². The lowest BCUT2D eigenvalue weighted by molar-refractivity contribution is -0.118. The zero-order valence-corrected chi connectivity index (χ0v) is 24.9. The van der Waals surface area contributed by atoms with E-state index in [-0.39, 0.29) is 16.5 Å². The van der Waals surface area contributed by atoms with Crippen molar-refractivity contribution in [2.75, 3.05) is 18.4 Å². The summed E-state index contributed by atoms with van der Waals surface area (Å²) in [6, 6.07) is 15.6. The van der Waals surface area contributed by atoms with Crippen molar-refractivity contribution in [1.82, 2.24) is 20.3 Å². The van der Waals surface area contributed by atoms with Crippen LogP contribution in [-0.4, -0.2) is 49.9 Å². The highest BCUT2D eigenvalue weighted by Crippen LogP contribution is 2.21. The van der Waals surface area contributed by atoms with Crippen LogP contribution in [0.5, 0.6) is 0 Å². The Morgan fingerprint density at radius 1 is 1.05 bits per heavy atom. The van der Waals surface area contributed by atoms with E-state index in [1.54, 1.807) is 20.8 Å². The van der Waals surface area contributed by atoms with E-state index in [9.17, 15) is 22.4 Å². The molecular formula is C31H38FN5O4S. The van der Waals surface area contributed by atoms with Gasteiger partial charge in [0.15, 0.2) is 0 Å². The number of nitrogens with zero attached hydrogens (tertiary/aromatic N) is 1. The average molecular weight is 596 g/mol. The number of anilines is 1. The fraction of sp³-hybridized carbons (Fsp3) is 0.387. The van der Waals surface area contributed by atoms with E-state index in [0.29, 0.717) is 24.1 Å². The van der Waals surface area contributed by atoms with Gasteiger partial charge >= 0.3 is 0 Å². The van der Waals surface area contributed by atoms with Gasteiger partial charge in [-0.1, -0.05) is 30.3 Å². The molecule has 1 aromatic heterocycles. The number of aromatic nitrogens is 1. The quantitative estimate of drug-likeness (QED) is 0.280. The van der Waals surface area contributed by atoms with Crippen LogP contribution in [0.3, 0.4) is 0 Å². The number of piperidine rings is 1. The molecule has 0 spiro atoms. The number of amides is 2. The summed E-state index contributed by atoms with van der Waals surface area (Å²) in [4.78, 5) is 31.1. The van der Waals surface area contributed by atoms with Gasteiger partial charge in [-0.05, 0) is 107 Å². The summed E-state index contributed by atoms with van der Waals surface area (Å²) in [5.41, 5.74) is 1.12. The molecule has 0 radical (unpaired) electrons. The monoisotopic (exact) mass is 595 g/mol. The Morgan fingerprint density at radius 2 is 1.71 bits per heavy atom. The molecule has 0 saturated carbocycles. The lowest BCUT2D eigenvalue weighted by atomic mass is 9.90. The molecule has 224 valence electrons. The predicted molar refractivity (Wildman–Crippen MR) is 160 cm³/mol. The van der Waals surface area contributed by atoms with Crippen LogP contribution in [0.1, 0.15) is 61.6 Å².